The van der Waals surface area contributed by atoms with Crippen LogP contribution in [0.2, 0.25) is 0 Å². The number of rotatable bonds is 4. The summed E-state index contributed by atoms with van der Waals surface area (Å²) in [5, 5.41) is 6.27. The van der Waals surface area contributed by atoms with E-state index in [4.69, 9.17) is 0 Å². The highest BCUT2D eigenvalue weighted by Gasteiger charge is 2.34. The van der Waals surface area contributed by atoms with Crippen LogP contribution in [-0.2, 0) is 9.59 Å². The number of hydrogen-bond donors (Lipinski definition) is 2. The largest absolute Gasteiger partial charge is 0.351 e. The molecule has 0 saturated heterocycles. The molecular weight excluding hydrogens is 338 g/mol. The van der Waals surface area contributed by atoms with Crippen molar-refractivity contribution in [1.29, 1.82) is 0 Å². The molecule has 4 nitrogen and oxygen atoms in total. The lowest BCUT2D eigenvalue weighted by Crippen LogP contribution is -2.55. The smallest absolute Gasteiger partial charge is 0.223 e. The summed E-state index contributed by atoms with van der Waals surface area (Å²) in [4.78, 5) is 25.1. The van der Waals surface area contributed by atoms with Crippen LogP contribution in [0.15, 0.2) is 0 Å². The molecule has 0 aliphatic heterocycles. The summed E-state index contributed by atoms with van der Waals surface area (Å²) >= 11 is 0. The van der Waals surface area contributed by atoms with Crippen molar-refractivity contribution in [2.75, 3.05) is 0 Å². The zero-order valence-electron chi connectivity index (χ0n) is 15.5. The third-order valence-electron chi connectivity index (χ3n) is 6.48. The van der Waals surface area contributed by atoms with Gasteiger partial charge in [0.25, 0.3) is 0 Å². The summed E-state index contributed by atoms with van der Waals surface area (Å²) in [6, 6.07) is -0.0818. The minimum absolute atomic E-state index is 0.0148. The molecule has 0 heterocycles. The van der Waals surface area contributed by atoms with Crippen molar-refractivity contribution < 1.29 is 18.4 Å². The third-order valence-corrected chi connectivity index (χ3v) is 6.48. The highest BCUT2D eigenvalue weighted by molar-refractivity contribution is 5.80. The summed E-state index contributed by atoms with van der Waals surface area (Å²) in [5.41, 5.74) is 0. The van der Waals surface area contributed by atoms with Gasteiger partial charge in [-0.2, -0.15) is 0 Å². The van der Waals surface area contributed by atoms with E-state index in [-0.39, 0.29) is 35.7 Å². The van der Waals surface area contributed by atoms with Gasteiger partial charge in [0, 0.05) is 23.9 Å². The molecule has 3 rings (SSSR count). The van der Waals surface area contributed by atoms with Crippen LogP contribution in [0.1, 0.15) is 77.0 Å². The molecule has 0 bridgehead atoms. The Labute approximate surface area is 154 Å². The summed E-state index contributed by atoms with van der Waals surface area (Å²) < 4.78 is 26.6. The second kappa shape index (κ2) is 9.14. The number of carbonyl (C=O) groups excluding carboxylic acids is 2. The van der Waals surface area contributed by atoms with Crippen molar-refractivity contribution in [2.24, 2.45) is 11.8 Å². The molecule has 2 N–H and O–H groups in total. The fourth-order valence-corrected chi connectivity index (χ4v) is 4.71. The van der Waals surface area contributed by atoms with Crippen molar-refractivity contribution in [3.05, 3.63) is 0 Å². The topological polar surface area (TPSA) is 58.2 Å². The Bertz CT molecular complexity index is 442. The molecule has 2 amide bonds. The average molecular weight is 370 g/mol. The molecule has 3 aliphatic rings. The van der Waals surface area contributed by atoms with E-state index in [1.165, 1.54) is 0 Å². The fraction of sp³-hybridized carbons (Fsp3) is 0.900. The molecule has 3 saturated carbocycles. The molecule has 0 aromatic heterocycles. The summed E-state index contributed by atoms with van der Waals surface area (Å²) in [6.45, 7) is 0. The van der Waals surface area contributed by atoms with Gasteiger partial charge in [-0.3, -0.25) is 9.59 Å². The minimum atomic E-state index is -0.764. The second-order valence-corrected chi connectivity index (χ2v) is 8.41. The Morgan fingerprint density at radius 2 is 0.923 bits per heavy atom. The van der Waals surface area contributed by atoms with Crippen LogP contribution >= 0.6 is 0 Å². The van der Waals surface area contributed by atoms with Gasteiger partial charge in [-0.1, -0.05) is 12.8 Å². The van der Waals surface area contributed by atoms with Crippen molar-refractivity contribution in [2.45, 2.75) is 101 Å². The number of nitrogens with one attached hydrogen (secondary N) is 2. The van der Waals surface area contributed by atoms with Gasteiger partial charge in [0.05, 0.1) is 0 Å². The van der Waals surface area contributed by atoms with Crippen LogP contribution in [0.5, 0.6) is 0 Å². The Kier molecular flexibility index (Phi) is 6.87. The highest BCUT2D eigenvalue weighted by Crippen LogP contribution is 2.29. The van der Waals surface area contributed by atoms with Gasteiger partial charge in [-0.25, -0.2) is 8.78 Å². The van der Waals surface area contributed by atoms with Gasteiger partial charge in [0.2, 0.25) is 11.8 Å². The Morgan fingerprint density at radius 3 is 1.27 bits per heavy atom. The number of alkyl halides is 2. The molecule has 0 aromatic rings. The van der Waals surface area contributed by atoms with Crippen LogP contribution in [-0.4, -0.2) is 36.2 Å². The molecular formula is C20H32F2N2O2. The van der Waals surface area contributed by atoms with E-state index < -0.39 is 12.3 Å². The zero-order chi connectivity index (χ0) is 18.5. The van der Waals surface area contributed by atoms with Gasteiger partial charge in [-0.15, -0.1) is 0 Å². The maximum Gasteiger partial charge on any atom is 0.223 e. The molecule has 26 heavy (non-hydrogen) atoms. The Morgan fingerprint density at radius 1 is 0.577 bits per heavy atom. The van der Waals surface area contributed by atoms with E-state index in [0.717, 1.165) is 25.7 Å². The maximum atomic E-state index is 13.3. The lowest BCUT2D eigenvalue weighted by atomic mass is 9.84. The SMILES string of the molecule is O=C(NC1CCCCC1NC(=O)C1CCC(F)CC1)C1CCC(F)CC1. The van der Waals surface area contributed by atoms with Gasteiger partial charge < -0.3 is 10.6 Å². The van der Waals surface area contributed by atoms with Crippen molar-refractivity contribution in [3.8, 4) is 0 Å². The van der Waals surface area contributed by atoms with Crippen LogP contribution < -0.4 is 10.6 Å². The number of hydrogen-bond acceptors (Lipinski definition) is 2. The normalized spacial score (nSPS) is 38.4. The Balaban J connectivity index is 1.50. The fourth-order valence-electron chi connectivity index (χ4n) is 4.71. The van der Waals surface area contributed by atoms with E-state index in [2.05, 4.69) is 10.6 Å². The van der Waals surface area contributed by atoms with Gasteiger partial charge in [-0.05, 0) is 64.2 Å². The molecule has 2 atom stereocenters. The predicted molar refractivity (Wildman–Crippen MR) is 96.0 cm³/mol. The monoisotopic (exact) mass is 370 g/mol. The first-order chi connectivity index (χ1) is 12.5. The van der Waals surface area contributed by atoms with Crippen molar-refractivity contribution >= 4 is 11.8 Å². The van der Waals surface area contributed by atoms with E-state index >= 15 is 0 Å². The molecule has 6 heteroatoms. The predicted octanol–water partition coefficient (Wildman–Crippen LogP) is 3.59. The van der Waals surface area contributed by atoms with E-state index in [0.29, 0.717) is 51.4 Å². The molecule has 3 aliphatic carbocycles. The molecule has 2 unspecified atom stereocenters. The molecule has 3 fully saturated rings. The lowest BCUT2D eigenvalue weighted by molar-refractivity contribution is -0.130. The molecule has 0 radical (unpaired) electrons. The van der Waals surface area contributed by atoms with Gasteiger partial charge in [0.1, 0.15) is 12.3 Å². The van der Waals surface area contributed by atoms with E-state index in [9.17, 15) is 18.4 Å². The first kappa shape index (κ1) is 19.6. The van der Waals surface area contributed by atoms with Crippen LogP contribution in [0.4, 0.5) is 8.78 Å². The van der Waals surface area contributed by atoms with Gasteiger partial charge in [0.15, 0.2) is 0 Å². The van der Waals surface area contributed by atoms with E-state index in [1.54, 1.807) is 0 Å². The zero-order valence-corrected chi connectivity index (χ0v) is 15.5. The highest BCUT2D eigenvalue weighted by atomic mass is 19.1. The second-order valence-electron chi connectivity index (χ2n) is 8.41. The molecule has 0 aromatic carbocycles. The number of carbonyl (C=O) groups is 2. The first-order valence-electron chi connectivity index (χ1n) is 10.4. The third kappa shape index (κ3) is 5.17. The van der Waals surface area contributed by atoms with Crippen molar-refractivity contribution in [1.82, 2.24) is 10.6 Å². The Hall–Kier alpha value is -1.20. The van der Waals surface area contributed by atoms with Crippen molar-refractivity contribution in [3.63, 3.8) is 0 Å². The molecule has 148 valence electrons. The minimum Gasteiger partial charge on any atom is -0.351 e. The standard InChI is InChI=1S/C20H32F2N2O2/c21-15-9-5-13(6-10-15)19(25)23-17-3-1-2-4-18(17)24-20(26)14-7-11-16(22)12-8-14/h13-18H,1-12H2,(H,23,25)(H,24,26). The quantitative estimate of drug-likeness (QED) is 0.795. The van der Waals surface area contributed by atoms with Crippen LogP contribution in [0.25, 0.3) is 0 Å². The number of halogens is 2. The van der Waals surface area contributed by atoms with Gasteiger partial charge >= 0.3 is 0 Å². The van der Waals surface area contributed by atoms with E-state index in [1.807, 2.05) is 0 Å². The summed E-state index contributed by atoms with van der Waals surface area (Å²) in [5.74, 6) is -0.165. The van der Waals surface area contributed by atoms with Crippen LogP contribution in [0, 0.1) is 11.8 Å². The lowest BCUT2D eigenvalue weighted by Gasteiger charge is -2.35. The first-order valence-corrected chi connectivity index (χ1v) is 10.4. The maximum absolute atomic E-state index is 13.3. The number of amides is 2. The summed E-state index contributed by atoms with van der Waals surface area (Å²) in [6.07, 6.45) is 6.64. The summed E-state index contributed by atoms with van der Waals surface area (Å²) in [7, 11) is 0. The average Bonchev–Trinajstić information content (AvgIpc) is 2.64. The van der Waals surface area contributed by atoms with Crippen LogP contribution in [0.3, 0.4) is 0 Å². The molecule has 0 spiro atoms.